The van der Waals surface area contributed by atoms with Crippen LogP contribution in [-0.4, -0.2) is 30.9 Å². The molecule has 19 heavy (non-hydrogen) atoms. The van der Waals surface area contributed by atoms with Crippen LogP contribution in [-0.2, 0) is 11.3 Å². The van der Waals surface area contributed by atoms with Crippen LogP contribution in [0.2, 0.25) is 0 Å². The number of halogens is 3. The van der Waals surface area contributed by atoms with Crippen LogP contribution in [0, 0.1) is 17.5 Å². The van der Waals surface area contributed by atoms with Gasteiger partial charge in [-0.1, -0.05) is 0 Å². The molecule has 3 nitrogen and oxygen atoms in total. The molecule has 0 aliphatic heterocycles. The van der Waals surface area contributed by atoms with E-state index in [-0.39, 0.29) is 24.9 Å². The van der Waals surface area contributed by atoms with Crippen molar-refractivity contribution in [3.05, 3.63) is 35.1 Å². The molecule has 0 aromatic heterocycles. The molecule has 0 bridgehead atoms. The first-order valence-electron chi connectivity index (χ1n) is 5.89. The Balaban J connectivity index is 2.71. The molecule has 1 atom stereocenters. The second kappa shape index (κ2) is 6.56. The third kappa shape index (κ3) is 4.24. The quantitative estimate of drug-likeness (QED) is 0.834. The predicted molar refractivity (Wildman–Crippen MR) is 65.9 cm³/mol. The number of nitrogens with zero attached hydrogens (tertiary/aromatic N) is 1. The van der Waals surface area contributed by atoms with Gasteiger partial charge < -0.3 is 5.32 Å². The lowest BCUT2D eigenvalue weighted by Gasteiger charge is -2.24. The monoisotopic (exact) mass is 274 g/mol. The summed E-state index contributed by atoms with van der Waals surface area (Å²) in [6.45, 7) is 2.05. The summed E-state index contributed by atoms with van der Waals surface area (Å²) in [5.41, 5.74) is 0.322. The van der Waals surface area contributed by atoms with Crippen molar-refractivity contribution in [1.82, 2.24) is 10.2 Å². The number of amides is 1. The van der Waals surface area contributed by atoms with Crippen molar-refractivity contribution in [1.29, 1.82) is 0 Å². The van der Waals surface area contributed by atoms with Crippen LogP contribution in [0.15, 0.2) is 12.1 Å². The first-order chi connectivity index (χ1) is 8.85. The van der Waals surface area contributed by atoms with Gasteiger partial charge >= 0.3 is 0 Å². The Labute approximate surface area is 110 Å². The highest BCUT2D eigenvalue weighted by atomic mass is 19.2. The van der Waals surface area contributed by atoms with Crippen LogP contribution in [0.1, 0.15) is 18.9 Å². The summed E-state index contributed by atoms with van der Waals surface area (Å²) < 4.78 is 38.9. The van der Waals surface area contributed by atoms with E-state index in [1.807, 2.05) is 6.92 Å². The molecule has 0 radical (unpaired) electrons. The van der Waals surface area contributed by atoms with E-state index in [1.165, 1.54) is 0 Å². The number of hydrogen-bond acceptors (Lipinski definition) is 2. The van der Waals surface area contributed by atoms with E-state index >= 15 is 0 Å². The normalized spacial score (nSPS) is 12.6. The predicted octanol–water partition coefficient (Wildman–Crippen LogP) is 2.06. The Morgan fingerprint density at radius 2 is 1.84 bits per heavy atom. The topological polar surface area (TPSA) is 32.3 Å². The summed E-state index contributed by atoms with van der Waals surface area (Å²) in [6, 6.07) is 1.82. The zero-order chi connectivity index (χ0) is 14.6. The van der Waals surface area contributed by atoms with E-state index in [1.54, 1.807) is 19.0 Å². The van der Waals surface area contributed by atoms with Gasteiger partial charge in [0.05, 0.1) is 0 Å². The highest BCUT2D eigenvalue weighted by Gasteiger charge is 2.16. The largest absolute Gasteiger partial charge is 0.359 e. The van der Waals surface area contributed by atoms with Crippen molar-refractivity contribution >= 4 is 5.91 Å². The number of carbonyl (C=O) groups excluding carboxylic acids is 1. The second-order valence-electron chi connectivity index (χ2n) is 4.51. The van der Waals surface area contributed by atoms with Crippen LogP contribution >= 0.6 is 0 Å². The third-order valence-corrected chi connectivity index (χ3v) is 2.99. The fourth-order valence-corrected chi connectivity index (χ4v) is 1.67. The van der Waals surface area contributed by atoms with Gasteiger partial charge in [0.15, 0.2) is 17.5 Å². The molecule has 0 heterocycles. The van der Waals surface area contributed by atoms with Crippen LogP contribution in [0.25, 0.3) is 0 Å². The SMILES string of the molecule is CNC(=O)C[C@@H](C)N(C)Cc1cc(F)c(F)c(F)c1. The van der Waals surface area contributed by atoms with Gasteiger partial charge in [-0.3, -0.25) is 9.69 Å². The Morgan fingerprint density at radius 3 is 2.32 bits per heavy atom. The van der Waals surface area contributed by atoms with Crippen LogP contribution < -0.4 is 5.32 Å². The van der Waals surface area contributed by atoms with Gasteiger partial charge in [0, 0.05) is 26.1 Å². The molecule has 0 fully saturated rings. The third-order valence-electron chi connectivity index (χ3n) is 2.99. The molecular weight excluding hydrogens is 257 g/mol. The van der Waals surface area contributed by atoms with Crippen LogP contribution in [0.4, 0.5) is 13.2 Å². The standard InChI is InChI=1S/C13H17F3N2O/c1-8(4-12(19)17-2)18(3)7-9-5-10(14)13(16)11(15)6-9/h5-6,8H,4,7H2,1-3H3,(H,17,19)/t8-/m1/s1. The molecule has 0 spiro atoms. The lowest BCUT2D eigenvalue weighted by Crippen LogP contribution is -2.33. The summed E-state index contributed by atoms with van der Waals surface area (Å²) in [4.78, 5) is 13.0. The van der Waals surface area contributed by atoms with Crippen LogP contribution in [0.5, 0.6) is 0 Å². The van der Waals surface area contributed by atoms with Gasteiger partial charge in [-0.15, -0.1) is 0 Å². The van der Waals surface area contributed by atoms with E-state index in [0.717, 1.165) is 12.1 Å². The maximum Gasteiger partial charge on any atom is 0.221 e. The zero-order valence-corrected chi connectivity index (χ0v) is 11.1. The van der Waals surface area contributed by atoms with E-state index in [0.29, 0.717) is 5.56 Å². The maximum atomic E-state index is 13.1. The molecule has 0 aliphatic rings. The molecule has 0 saturated heterocycles. The molecule has 1 rings (SSSR count). The molecule has 0 unspecified atom stereocenters. The first kappa shape index (κ1) is 15.5. The molecule has 1 amide bonds. The lowest BCUT2D eigenvalue weighted by atomic mass is 10.1. The molecule has 1 aromatic carbocycles. The molecule has 0 saturated carbocycles. The maximum absolute atomic E-state index is 13.1. The molecule has 0 aliphatic carbocycles. The molecule has 1 aromatic rings. The van der Waals surface area contributed by atoms with E-state index in [2.05, 4.69) is 5.32 Å². The number of rotatable bonds is 5. The average Bonchev–Trinajstić information content (AvgIpc) is 2.35. The van der Waals surface area contributed by atoms with Gasteiger partial charge in [-0.25, -0.2) is 13.2 Å². The van der Waals surface area contributed by atoms with Crippen molar-refractivity contribution in [2.75, 3.05) is 14.1 Å². The van der Waals surface area contributed by atoms with Gasteiger partial charge in [0.1, 0.15) is 0 Å². The van der Waals surface area contributed by atoms with E-state index in [4.69, 9.17) is 0 Å². The molecule has 106 valence electrons. The summed E-state index contributed by atoms with van der Waals surface area (Å²) in [5.74, 6) is -4.00. The highest BCUT2D eigenvalue weighted by molar-refractivity contribution is 5.76. The summed E-state index contributed by atoms with van der Waals surface area (Å²) in [6.07, 6.45) is 0.277. The van der Waals surface area contributed by atoms with Gasteiger partial charge in [-0.05, 0) is 31.7 Å². The van der Waals surface area contributed by atoms with Crippen molar-refractivity contribution in [3.63, 3.8) is 0 Å². The van der Waals surface area contributed by atoms with Gasteiger partial charge in [-0.2, -0.15) is 0 Å². The Kier molecular flexibility index (Phi) is 5.35. The summed E-state index contributed by atoms with van der Waals surface area (Å²) in [5, 5.41) is 2.51. The van der Waals surface area contributed by atoms with Crippen molar-refractivity contribution < 1.29 is 18.0 Å². The minimum absolute atomic E-state index is 0.101. The highest BCUT2D eigenvalue weighted by Crippen LogP contribution is 2.16. The van der Waals surface area contributed by atoms with Crippen molar-refractivity contribution in [3.8, 4) is 0 Å². The molecular formula is C13H17F3N2O. The fourth-order valence-electron chi connectivity index (χ4n) is 1.67. The van der Waals surface area contributed by atoms with Gasteiger partial charge in [0.25, 0.3) is 0 Å². The molecule has 1 N–H and O–H groups in total. The van der Waals surface area contributed by atoms with Crippen molar-refractivity contribution in [2.24, 2.45) is 0 Å². The zero-order valence-electron chi connectivity index (χ0n) is 11.1. The smallest absolute Gasteiger partial charge is 0.221 e. The number of benzene rings is 1. The minimum atomic E-state index is -1.47. The minimum Gasteiger partial charge on any atom is -0.359 e. The van der Waals surface area contributed by atoms with E-state index < -0.39 is 17.5 Å². The Morgan fingerprint density at radius 1 is 1.32 bits per heavy atom. The number of carbonyl (C=O) groups is 1. The summed E-state index contributed by atoms with van der Waals surface area (Å²) in [7, 11) is 3.27. The van der Waals surface area contributed by atoms with E-state index in [9.17, 15) is 18.0 Å². The Bertz CT molecular complexity index is 442. The molecule has 6 heteroatoms. The summed E-state index contributed by atoms with van der Waals surface area (Å²) >= 11 is 0. The Hall–Kier alpha value is -1.56. The van der Waals surface area contributed by atoms with Crippen molar-refractivity contribution in [2.45, 2.75) is 25.9 Å². The van der Waals surface area contributed by atoms with Gasteiger partial charge in [0.2, 0.25) is 5.91 Å². The average molecular weight is 274 g/mol. The fraction of sp³-hybridized carbons (Fsp3) is 0.462. The van der Waals surface area contributed by atoms with Crippen LogP contribution in [0.3, 0.4) is 0 Å². The second-order valence-corrected chi connectivity index (χ2v) is 4.51. The number of hydrogen-bond donors (Lipinski definition) is 1. The first-order valence-corrected chi connectivity index (χ1v) is 5.89. The lowest BCUT2D eigenvalue weighted by molar-refractivity contribution is -0.121. The number of nitrogens with one attached hydrogen (secondary N) is 1.